The molecule has 1 aromatic heterocycles. The molecule has 7 nitrogen and oxygen atoms in total. The zero-order chi connectivity index (χ0) is 25.7. The summed E-state index contributed by atoms with van der Waals surface area (Å²) in [4.78, 5) is 39.1. The van der Waals surface area contributed by atoms with Crippen molar-refractivity contribution in [3.05, 3.63) is 39.7 Å². The predicted molar refractivity (Wildman–Crippen MR) is 141 cm³/mol. The Labute approximate surface area is 212 Å². The lowest BCUT2D eigenvalue weighted by atomic mass is 9.53. The van der Waals surface area contributed by atoms with E-state index in [1.54, 1.807) is 0 Å². The van der Waals surface area contributed by atoms with Crippen LogP contribution in [0.4, 0.5) is 10.5 Å². The lowest BCUT2D eigenvalue weighted by Crippen LogP contribution is -2.60. The summed E-state index contributed by atoms with van der Waals surface area (Å²) >= 11 is 0. The highest BCUT2D eigenvalue weighted by atomic mass is 16.3. The fraction of sp³-hybridized carbons (Fsp3) is 0.621. The van der Waals surface area contributed by atoms with Crippen molar-refractivity contribution in [1.29, 1.82) is 0 Å². The van der Waals surface area contributed by atoms with Gasteiger partial charge in [-0.3, -0.25) is 9.59 Å². The zero-order valence-corrected chi connectivity index (χ0v) is 22.0. The molecule has 7 heteroatoms. The zero-order valence-electron chi connectivity index (χ0n) is 22.0. The van der Waals surface area contributed by atoms with Gasteiger partial charge in [0.15, 0.2) is 16.8 Å². The maximum Gasteiger partial charge on any atom is 0.319 e. The van der Waals surface area contributed by atoms with Gasteiger partial charge >= 0.3 is 6.03 Å². The molecule has 0 spiro atoms. The average molecular weight is 494 g/mol. The standard InChI is InChI=1S/C29H39N3O4/c1-5-6-7-30-26(34)24-13-23(33)21-11-20(28(2,3)4)12-22(25(21)36-24)31-27(35)32-29-14-17-8-18(15-29)10-19(9-17)16-29/h11-13,17-19H,5-10,14-16H2,1-4H3,(H,30,34)(H2,31,32,35). The molecule has 0 radical (unpaired) electrons. The number of hydrogen-bond acceptors (Lipinski definition) is 4. The third-order valence-corrected chi connectivity index (χ3v) is 8.40. The van der Waals surface area contributed by atoms with E-state index in [-0.39, 0.29) is 33.8 Å². The highest BCUT2D eigenvalue weighted by Crippen LogP contribution is 2.55. The summed E-state index contributed by atoms with van der Waals surface area (Å²) in [6, 6.07) is 4.64. The topological polar surface area (TPSA) is 100 Å². The molecule has 0 unspecified atom stereocenters. The molecule has 36 heavy (non-hydrogen) atoms. The first kappa shape index (κ1) is 24.8. The van der Waals surface area contributed by atoms with Crippen molar-refractivity contribution < 1.29 is 14.0 Å². The largest absolute Gasteiger partial charge is 0.448 e. The molecule has 4 aliphatic carbocycles. The van der Waals surface area contributed by atoms with Gasteiger partial charge in [0.05, 0.1) is 11.1 Å². The first-order valence-corrected chi connectivity index (χ1v) is 13.5. The van der Waals surface area contributed by atoms with E-state index in [0.717, 1.165) is 37.7 Å². The average Bonchev–Trinajstić information content (AvgIpc) is 2.77. The Balaban J connectivity index is 1.46. The van der Waals surface area contributed by atoms with Crippen LogP contribution in [-0.2, 0) is 5.41 Å². The van der Waals surface area contributed by atoms with E-state index in [9.17, 15) is 14.4 Å². The first-order valence-electron chi connectivity index (χ1n) is 13.5. The smallest absolute Gasteiger partial charge is 0.319 e. The summed E-state index contributed by atoms with van der Waals surface area (Å²) in [6.07, 6.45) is 8.84. The van der Waals surface area contributed by atoms with E-state index in [0.29, 0.717) is 35.4 Å². The second kappa shape index (κ2) is 9.24. The predicted octanol–water partition coefficient (Wildman–Crippen LogP) is 5.71. The van der Waals surface area contributed by atoms with Crippen LogP contribution in [0.5, 0.6) is 0 Å². The van der Waals surface area contributed by atoms with Crippen LogP contribution in [0.2, 0.25) is 0 Å². The van der Waals surface area contributed by atoms with E-state index in [1.165, 1.54) is 25.3 Å². The number of rotatable bonds is 6. The number of anilines is 1. The van der Waals surface area contributed by atoms with Crippen molar-refractivity contribution in [2.24, 2.45) is 17.8 Å². The van der Waals surface area contributed by atoms with Crippen molar-refractivity contribution in [2.45, 2.75) is 90.0 Å². The summed E-state index contributed by atoms with van der Waals surface area (Å²) < 4.78 is 5.97. The molecular formula is C29H39N3O4. The molecule has 2 aromatic rings. The minimum Gasteiger partial charge on any atom is -0.448 e. The number of carbonyl (C=O) groups excluding carboxylic acids is 2. The molecule has 0 saturated heterocycles. The van der Waals surface area contributed by atoms with Gasteiger partial charge in [0.25, 0.3) is 5.91 Å². The van der Waals surface area contributed by atoms with E-state index < -0.39 is 5.91 Å². The second-order valence-electron chi connectivity index (χ2n) is 12.5. The van der Waals surface area contributed by atoms with E-state index in [1.807, 2.05) is 19.1 Å². The Morgan fingerprint density at radius 3 is 2.25 bits per heavy atom. The maximum atomic E-state index is 13.4. The van der Waals surface area contributed by atoms with Gasteiger partial charge < -0.3 is 20.4 Å². The van der Waals surface area contributed by atoms with Crippen molar-refractivity contribution in [1.82, 2.24) is 10.6 Å². The monoisotopic (exact) mass is 493 g/mol. The van der Waals surface area contributed by atoms with Crippen LogP contribution >= 0.6 is 0 Å². The Morgan fingerprint density at radius 2 is 1.67 bits per heavy atom. The molecule has 4 saturated carbocycles. The van der Waals surface area contributed by atoms with Crippen molar-refractivity contribution in [2.75, 3.05) is 11.9 Å². The minimum atomic E-state index is -0.425. The van der Waals surface area contributed by atoms with Crippen LogP contribution in [-0.4, -0.2) is 24.0 Å². The lowest BCUT2D eigenvalue weighted by molar-refractivity contribution is -0.0127. The number of fused-ring (bicyclic) bond motifs is 1. The molecule has 1 aromatic carbocycles. The van der Waals surface area contributed by atoms with Gasteiger partial charge in [0, 0.05) is 18.2 Å². The number of benzene rings is 1. The number of unbranched alkanes of at least 4 members (excludes halogenated alkanes) is 1. The fourth-order valence-corrected chi connectivity index (χ4v) is 7.02. The number of hydrogen-bond donors (Lipinski definition) is 3. The minimum absolute atomic E-state index is 0.0448. The highest BCUT2D eigenvalue weighted by Gasteiger charge is 2.51. The van der Waals surface area contributed by atoms with Crippen LogP contribution in [0.25, 0.3) is 11.0 Å². The van der Waals surface area contributed by atoms with Gasteiger partial charge in [0.2, 0.25) is 0 Å². The second-order valence-corrected chi connectivity index (χ2v) is 12.5. The Kier molecular flexibility index (Phi) is 6.38. The van der Waals surface area contributed by atoms with Crippen LogP contribution in [0.15, 0.2) is 27.4 Å². The summed E-state index contributed by atoms with van der Waals surface area (Å²) in [5.74, 6) is 1.68. The van der Waals surface area contributed by atoms with Gasteiger partial charge in [0.1, 0.15) is 0 Å². The Morgan fingerprint density at radius 1 is 1.03 bits per heavy atom. The third kappa shape index (κ3) is 4.89. The van der Waals surface area contributed by atoms with Gasteiger partial charge in [-0.15, -0.1) is 0 Å². The molecule has 4 bridgehead atoms. The molecule has 194 valence electrons. The molecule has 3 amide bonds. The molecule has 0 aliphatic heterocycles. The molecule has 4 aliphatic rings. The highest BCUT2D eigenvalue weighted by molar-refractivity contribution is 6.01. The molecule has 3 N–H and O–H groups in total. The molecular weight excluding hydrogens is 454 g/mol. The SMILES string of the molecule is CCCCNC(=O)c1cc(=O)c2cc(C(C)(C)C)cc(NC(=O)NC34CC5CC(CC(C5)C3)C4)c2o1. The third-order valence-electron chi connectivity index (χ3n) is 8.40. The van der Waals surface area contributed by atoms with E-state index in [4.69, 9.17) is 4.42 Å². The molecule has 4 fully saturated rings. The summed E-state index contributed by atoms with van der Waals surface area (Å²) in [7, 11) is 0. The van der Waals surface area contributed by atoms with Crippen molar-refractivity contribution in [3.8, 4) is 0 Å². The maximum absolute atomic E-state index is 13.4. The quantitative estimate of drug-likeness (QED) is 0.449. The molecule has 1 heterocycles. The summed E-state index contributed by atoms with van der Waals surface area (Å²) in [6.45, 7) is 8.74. The van der Waals surface area contributed by atoms with E-state index in [2.05, 4.69) is 36.7 Å². The fourth-order valence-electron chi connectivity index (χ4n) is 7.02. The van der Waals surface area contributed by atoms with Crippen LogP contribution in [0, 0.1) is 17.8 Å². The van der Waals surface area contributed by atoms with Gasteiger partial charge in [-0.1, -0.05) is 34.1 Å². The normalized spacial score (nSPS) is 26.7. The first-order chi connectivity index (χ1) is 17.0. The van der Waals surface area contributed by atoms with Crippen LogP contribution in [0.3, 0.4) is 0 Å². The summed E-state index contributed by atoms with van der Waals surface area (Å²) in [5.41, 5.74) is 0.877. The van der Waals surface area contributed by atoms with Gasteiger partial charge in [-0.2, -0.15) is 0 Å². The number of urea groups is 1. The number of carbonyl (C=O) groups is 2. The van der Waals surface area contributed by atoms with Gasteiger partial charge in [-0.25, -0.2) is 4.79 Å². The van der Waals surface area contributed by atoms with Crippen molar-refractivity contribution >= 4 is 28.6 Å². The lowest BCUT2D eigenvalue weighted by Gasteiger charge is -2.56. The molecule has 0 atom stereocenters. The van der Waals surface area contributed by atoms with E-state index >= 15 is 0 Å². The molecule has 6 rings (SSSR count). The van der Waals surface area contributed by atoms with Crippen molar-refractivity contribution in [3.63, 3.8) is 0 Å². The summed E-state index contributed by atoms with van der Waals surface area (Å²) in [5, 5.41) is 9.50. The van der Waals surface area contributed by atoms with Crippen LogP contribution in [0.1, 0.15) is 95.2 Å². The Hall–Kier alpha value is -2.83. The van der Waals surface area contributed by atoms with Gasteiger partial charge in [-0.05, 0) is 85.8 Å². The Bertz CT molecular complexity index is 1200. The number of nitrogens with one attached hydrogen (secondary N) is 3. The number of amides is 3. The van der Waals surface area contributed by atoms with Crippen LogP contribution < -0.4 is 21.4 Å².